The Morgan fingerprint density at radius 1 is 1.24 bits per heavy atom. The van der Waals surface area contributed by atoms with Gasteiger partial charge in [0.25, 0.3) is 0 Å². The van der Waals surface area contributed by atoms with E-state index in [9.17, 15) is 14.4 Å². The molecule has 9 nitrogen and oxygen atoms in total. The molecule has 1 N–H and O–H groups in total. The number of carbonyl (C=O) groups is 3. The summed E-state index contributed by atoms with van der Waals surface area (Å²) in [5.41, 5.74) is 2.76. The van der Waals surface area contributed by atoms with Crippen molar-refractivity contribution in [3.05, 3.63) is 35.7 Å². The van der Waals surface area contributed by atoms with Crippen LogP contribution >= 0.6 is 0 Å². The van der Waals surface area contributed by atoms with E-state index in [1.54, 1.807) is 35.9 Å². The number of methoxy groups -OCH3 is 1. The molecular formula is C25H32N4O5. The molecule has 1 atom stereocenters. The summed E-state index contributed by atoms with van der Waals surface area (Å²) in [7, 11) is 3.32. The van der Waals surface area contributed by atoms with Crippen molar-refractivity contribution in [2.24, 2.45) is 12.0 Å². The van der Waals surface area contributed by atoms with Gasteiger partial charge >= 0.3 is 0 Å². The smallest absolute Gasteiger partial charge is 0.224 e. The second kappa shape index (κ2) is 12.0. The number of carbonyl (C=O) groups excluding carboxylic acids is 3. The fraction of sp³-hybridized carbons (Fsp3) is 0.440. The van der Waals surface area contributed by atoms with Gasteiger partial charge in [-0.15, -0.1) is 0 Å². The standard InChI is InChI=1S/C25H32N4O5/c1-18-11-23(33-3)24(13-22(18)26-14-20-7-4-5-9-29(20)17-31)34-10-6-8-25(32)27-19-12-21(16-30)28(2)15-19/h11-17,20H,4-10H2,1-3H3,(H,27,32)/t20-/m0/s1. The average Bonchev–Trinajstić information content (AvgIpc) is 3.20. The molecule has 2 amide bonds. The minimum atomic E-state index is -0.153. The third-order valence-electron chi connectivity index (χ3n) is 5.85. The minimum absolute atomic E-state index is 0.00265. The molecule has 2 aromatic rings. The topological polar surface area (TPSA) is 102 Å². The van der Waals surface area contributed by atoms with Crippen molar-refractivity contribution >= 4 is 36.2 Å². The van der Waals surface area contributed by atoms with Crippen molar-refractivity contribution in [1.29, 1.82) is 0 Å². The first-order valence-electron chi connectivity index (χ1n) is 11.4. The normalized spacial score (nSPS) is 15.9. The third-order valence-corrected chi connectivity index (χ3v) is 5.85. The van der Waals surface area contributed by atoms with E-state index >= 15 is 0 Å². The third kappa shape index (κ3) is 6.46. The van der Waals surface area contributed by atoms with Crippen LogP contribution in [0.15, 0.2) is 29.4 Å². The van der Waals surface area contributed by atoms with Gasteiger partial charge in [0.05, 0.1) is 36.8 Å². The number of hydrogen-bond acceptors (Lipinski definition) is 6. The molecule has 0 saturated carbocycles. The lowest BCUT2D eigenvalue weighted by atomic mass is 10.0. The zero-order valence-corrected chi connectivity index (χ0v) is 20.0. The maximum absolute atomic E-state index is 12.2. The van der Waals surface area contributed by atoms with Gasteiger partial charge in [-0.3, -0.25) is 19.4 Å². The molecule has 1 aliphatic heterocycles. The monoisotopic (exact) mass is 468 g/mol. The highest BCUT2D eigenvalue weighted by atomic mass is 16.5. The minimum Gasteiger partial charge on any atom is -0.493 e. The van der Waals surface area contributed by atoms with Crippen LogP contribution < -0.4 is 14.8 Å². The number of rotatable bonds is 11. The number of hydrogen-bond donors (Lipinski definition) is 1. The Hall–Kier alpha value is -3.62. The largest absolute Gasteiger partial charge is 0.493 e. The SMILES string of the molecule is COc1cc(C)c(N=C[C@@H]2CCCCN2C=O)cc1OCCCC(=O)Nc1cc(C=O)n(C)c1. The second-order valence-electron chi connectivity index (χ2n) is 8.36. The first-order chi connectivity index (χ1) is 16.4. The van der Waals surface area contributed by atoms with Gasteiger partial charge in [0.1, 0.15) is 0 Å². The molecule has 34 heavy (non-hydrogen) atoms. The number of aliphatic imine (C=N–C) groups is 1. The number of piperidine rings is 1. The quantitative estimate of drug-likeness (QED) is 0.308. The molecule has 3 rings (SSSR count). The number of aryl methyl sites for hydroxylation is 2. The van der Waals surface area contributed by atoms with Gasteiger partial charge in [-0.25, -0.2) is 0 Å². The van der Waals surface area contributed by atoms with Crippen molar-refractivity contribution in [2.75, 3.05) is 25.6 Å². The van der Waals surface area contributed by atoms with Crippen molar-refractivity contribution < 1.29 is 23.9 Å². The molecule has 1 aliphatic rings. The zero-order valence-electron chi connectivity index (χ0n) is 20.0. The van der Waals surface area contributed by atoms with Crippen LogP contribution in [0.3, 0.4) is 0 Å². The van der Waals surface area contributed by atoms with E-state index in [0.29, 0.717) is 35.9 Å². The molecule has 1 aromatic carbocycles. The lowest BCUT2D eigenvalue weighted by molar-refractivity contribution is -0.120. The van der Waals surface area contributed by atoms with E-state index in [-0.39, 0.29) is 18.4 Å². The maximum atomic E-state index is 12.2. The van der Waals surface area contributed by atoms with Crippen LogP contribution in [0.2, 0.25) is 0 Å². The molecule has 0 spiro atoms. The van der Waals surface area contributed by atoms with Crippen LogP contribution in [0.5, 0.6) is 11.5 Å². The first-order valence-corrected chi connectivity index (χ1v) is 11.4. The summed E-state index contributed by atoms with van der Waals surface area (Å²) < 4.78 is 13.0. The first kappa shape index (κ1) is 25.0. The lowest BCUT2D eigenvalue weighted by Gasteiger charge is -2.29. The van der Waals surface area contributed by atoms with Gasteiger partial charge in [-0.05, 0) is 50.3 Å². The van der Waals surface area contributed by atoms with Crippen LogP contribution in [0.1, 0.15) is 48.2 Å². The Morgan fingerprint density at radius 2 is 2.06 bits per heavy atom. The number of nitrogens with one attached hydrogen (secondary N) is 1. The van der Waals surface area contributed by atoms with E-state index < -0.39 is 0 Å². The predicted octanol–water partition coefficient (Wildman–Crippen LogP) is 3.67. The van der Waals surface area contributed by atoms with Gasteiger partial charge in [-0.2, -0.15) is 0 Å². The van der Waals surface area contributed by atoms with Gasteiger partial charge in [0.2, 0.25) is 12.3 Å². The Kier molecular flexibility index (Phi) is 8.84. The Morgan fingerprint density at radius 3 is 2.76 bits per heavy atom. The summed E-state index contributed by atoms with van der Waals surface area (Å²) in [5.74, 6) is 0.994. The Bertz CT molecular complexity index is 1050. The molecule has 0 radical (unpaired) electrons. The molecule has 2 heterocycles. The summed E-state index contributed by atoms with van der Waals surface area (Å²) >= 11 is 0. The fourth-order valence-electron chi connectivity index (χ4n) is 3.90. The second-order valence-corrected chi connectivity index (χ2v) is 8.36. The van der Waals surface area contributed by atoms with E-state index in [4.69, 9.17) is 9.47 Å². The van der Waals surface area contributed by atoms with Gasteiger partial charge in [0, 0.05) is 38.5 Å². The molecule has 0 bridgehead atoms. The van der Waals surface area contributed by atoms with Crippen LogP contribution in [-0.4, -0.2) is 60.6 Å². The molecule has 182 valence electrons. The number of aldehydes is 1. The maximum Gasteiger partial charge on any atom is 0.224 e. The number of benzene rings is 1. The van der Waals surface area contributed by atoms with Crippen molar-refractivity contribution in [3.8, 4) is 11.5 Å². The average molecular weight is 469 g/mol. The van der Waals surface area contributed by atoms with Gasteiger partial charge in [0.15, 0.2) is 17.8 Å². The van der Waals surface area contributed by atoms with Gasteiger partial charge < -0.3 is 24.3 Å². The summed E-state index contributed by atoms with van der Waals surface area (Å²) in [4.78, 5) is 40.8. The predicted molar refractivity (Wildman–Crippen MR) is 130 cm³/mol. The number of likely N-dealkylation sites (tertiary alicyclic amines) is 1. The highest BCUT2D eigenvalue weighted by Gasteiger charge is 2.19. The summed E-state index contributed by atoms with van der Waals surface area (Å²) in [6.07, 6.45) is 8.93. The van der Waals surface area contributed by atoms with E-state index in [1.165, 1.54) is 0 Å². The highest BCUT2D eigenvalue weighted by Crippen LogP contribution is 2.35. The van der Waals surface area contributed by atoms with Crippen LogP contribution in [-0.2, 0) is 16.6 Å². The molecule has 1 fully saturated rings. The van der Waals surface area contributed by atoms with E-state index in [0.717, 1.165) is 49.8 Å². The molecule has 1 saturated heterocycles. The van der Waals surface area contributed by atoms with E-state index in [1.807, 2.05) is 25.3 Å². The van der Waals surface area contributed by atoms with Crippen LogP contribution in [0.4, 0.5) is 11.4 Å². The Labute approximate surface area is 199 Å². The fourth-order valence-corrected chi connectivity index (χ4v) is 3.90. The van der Waals surface area contributed by atoms with Crippen molar-refractivity contribution in [1.82, 2.24) is 9.47 Å². The van der Waals surface area contributed by atoms with Crippen molar-refractivity contribution in [2.45, 2.75) is 45.1 Å². The number of aromatic nitrogens is 1. The van der Waals surface area contributed by atoms with Crippen LogP contribution in [0.25, 0.3) is 0 Å². The lowest BCUT2D eigenvalue weighted by Crippen LogP contribution is -2.39. The molecule has 9 heteroatoms. The Balaban J connectivity index is 1.57. The summed E-state index contributed by atoms with van der Waals surface area (Å²) in [6.45, 7) is 3.03. The van der Waals surface area contributed by atoms with Crippen LogP contribution in [0, 0.1) is 6.92 Å². The van der Waals surface area contributed by atoms with Gasteiger partial charge in [-0.1, -0.05) is 0 Å². The zero-order chi connectivity index (χ0) is 24.5. The van der Waals surface area contributed by atoms with E-state index in [2.05, 4.69) is 10.3 Å². The number of amides is 2. The number of anilines is 1. The molecule has 1 aromatic heterocycles. The highest BCUT2D eigenvalue weighted by molar-refractivity contribution is 5.91. The molecule has 0 unspecified atom stereocenters. The molecular weight excluding hydrogens is 436 g/mol. The summed E-state index contributed by atoms with van der Waals surface area (Å²) in [6, 6.07) is 5.32. The number of ether oxygens (including phenoxy) is 2. The van der Waals surface area contributed by atoms with Crippen molar-refractivity contribution in [3.63, 3.8) is 0 Å². The summed E-state index contributed by atoms with van der Waals surface area (Å²) in [5, 5.41) is 2.78. The molecule has 0 aliphatic carbocycles. The number of nitrogens with zero attached hydrogens (tertiary/aromatic N) is 3.